The third-order valence-corrected chi connectivity index (χ3v) is 4.83. The number of carbonyl (C=O) groups is 2. The molecule has 2 N–H and O–H groups in total. The molecule has 0 spiro atoms. The van der Waals surface area contributed by atoms with E-state index in [0.717, 1.165) is 12.7 Å². The monoisotopic (exact) mass is 445 g/mol. The van der Waals surface area contributed by atoms with E-state index in [2.05, 4.69) is 14.7 Å². The second-order valence-corrected chi connectivity index (χ2v) is 8.44. The van der Waals surface area contributed by atoms with Gasteiger partial charge in [0.2, 0.25) is 5.75 Å². The van der Waals surface area contributed by atoms with E-state index in [-0.39, 0.29) is 18.5 Å². The molecule has 0 unspecified atom stereocenters. The SMILES string of the molecule is COC(=O)c1nc([C@@H]2C[C@@H](OCc3ccccc3)CN2C(=O)OC(C)(C)C)[nH]c(=O)c1O. The number of hydrogen-bond acceptors (Lipinski definition) is 8. The van der Waals surface area contributed by atoms with Crippen molar-refractivity contribution in [3.8, 4) is 5.75 Å². The molecule has 0 radical (unpaired) electrons. The maximum atomic E-state index is 12.9. The summed E-state index contributed by atoms with van der Waals surface area (Å²) in [6.07, 6.45) is -0.669. The molecule has 1 fully saturated rings. The number of benzene rings is 1. The van der Waals surface area contributed by atoms with Crippen LogP contribution in [0.1, 0.15) is 55.1 Å². The number of ether oxygens (including phenoxy) is 3. The predicted molar refractivity (Wildman–Crippen MR) is 113 cm³/mol. The van der Waals surface area contributed by atoms with Crippen LogP contribution >= 0.6 is 0 Å². The zero-order valence-corrected chi connectivity index (χ0v) is 18.5. The lowest BCUT2D eigenvalue weighted by Crippen LogP contribution is -2.38. The van der Waals surface area contributed by atoms with Crippen molar-refractivity contribution in [3.63, 3.8) is 0 Å². The van der Waals surface area contributed by atoms with Crippen LogP contribution in [0.3, 0.4) is 0 Å². The summed E-state index contributed by atoms with van der Waals surface area (Å²) in [4.78, 5) is 45.0. The Balaban J connectivity index is 1.89. The standard InChI is InChI=1S/C22H27N3O7/c1-22(2,3)32-21(29)25-11-14(31-12-13-8-6-5-7-9-13)10-15(25)18-23-16(20(28)30-4)17(26)19(27)24-18/h5-9,14-15,26H,10-12H2,1-4H3,(H,23,24,27)/t14-,15+/m1/s1. The summed E-state index contributed by atoms with van der Waals surface area (Å²) in [6.45, 7) is 5.78. The Morgan fingerprint density at radius 1 is 1.25 bits per heavy atom. The molecular formula is C22H27N3O7. The Labute approximate surface area is 185 Å². The van der Waals surface area contributed by atoms with Gasteiger partial charge in [-0.3, -0.25) is 9.69 Å². The van der Waals surface area contributed by atoms with E-state index in [1.807, 2.05) is 30.3 Å². The first-order valence-electron chi connectivity index (χ1n) is 10.2. The summed E-state index contributed by atoms with van der Waals surface area (Å²) in [5.74, 6) is -1.78. The fraction of sp³-hybridized carbons (Fsp3) is 0.455. The van der Waals surface area contributed by atoms with Crippen LogP contribution in [0.5, 0.6) is 5.75 Å². The topological polar surface area (TPSA) is 131 Å². The summed E-state index contributed by atoms with van der Waals surface area (Å²) < 4.78 is 16.1. The van der Waals surface area contributed by atoms with Crippen molar-refractivity contribution in [2.75, 3.05) is 13.7 Å². The minimum Gasteiger partial charge on any atom is -0.501 e. The normalized spacial score (nSPS) is 18.4. The highest BCUT2D eigenvalue weighted by molar-refractivity contribution is 5.89. The Bertz CT molecular complexity index is 1030. The first kappa shape index (κ1) is 23.3. The van der Waals surface area contributed by atoms with Crippen molar-refractivity contribution in [2.24, 2.45) is 0 Å². The number of methoxy groups -OCH3 is 1. The first-order chi connectivity index (χ1) is 15.1. The summed E-state index contributed by atoms with van der Waals surface area (Å²) in [5.41, 5.74) is -1.20. The number of aromatic hydroxyl groups is 1. The lowest BCUT2D eigenvalue weighted by Gasteiger charge is -2.28. The van der Waals surface area contributed by atoms with E-state index in [0.29, 0.717) is 13.0 Å². The molecule has 172 valence electrons. The molecule has 3 rings (SSSR count). The molecular weight excluding hydrogens is 418 g/mol. The molecule has 1 aliphatic heterocycles. The van der Waals surface area contributed by atoms with Gasteiger partial charge in [0, 0.05) is 6.42 Å². The quantitative estimate of drug-likeness (QED) is 0.671. The van der Waals surface area contributed by atoms with E-state index in [9.17, 15) is 19.5 Å². The fourth-order valence-electron chi connectivity index (χ4n) is 3.37. The molecule has 2 heterocycles. The average Bonchev–Trinajstić information content (AvgIpc) is 3.18. The van der Waals surface area contributed by atoms with Gasteiger partial charge in [0.15, 0.2) is 5.69 Å². The van der Waals surface area contributed by atoms with E-state index in [1.54, 1.807) is 20.8 Å². The molecule has 2 aromatic rings. The van der Waals surface area contributed by atoms with E-state index < -0.39 is 40.7 Å². The van der Waals surface area contributed by atoms with Crippen LogP contribution < -0.4 is 5.56 Å². The van der Waals surface area contributed by atoms with Gasteiger partial charge in [-0.2, -0.15) is 0 Å². The van der Waals surface area contributed by atoms with Crippen LogP contribution in [-0.4, -0.2) is 57.4 Å². The molecule has 1 aromatic heterocycles. The van der Waals surface area contributed by atoms with Crippen LogP contribution in [0.25, 0.3) is 0 Å². The van der Waals surface area contributed by atoms with Gasteiger partial charge in [-0.15, -0.1) is 0 Å². The van der Waals surface area contributed by atoms with E-state index in [1.165, 1.54) is 4.90 Å². The number of amides is 1. The van der Waals surface area contributed by atoms with Gasteiger partial charge in [0.1, 0.15) is 11.4 Å². The molecule has 1 aliphatic rings. The predicted octanol–water partition coefficient (Wildman–Crippen LogP) is 2.53. The van der Waals surface area contributed by atoms with Crippen molar-refractivity contribution in [1.29, 1.82) is 0 Å². The van der Waals surface area contributed by atoms with Crippen LogP contribution in [0.15, 0.2) is 35.1 Å². The summed E-state index contributed by atoms with van der Waals surface area (Å²) in [7, 11) is 1.11. The molecule has 0 aliphatic carbocycles. The number of esters is 1. The van der Waals surface area contributed by atoms with Crippen LogP contribution in [0, 0.1) is 0 Å². The van der Waals surface area contributed by atoms with Gasteiger partial charge in [-0.05, 0) is 26.3 Å². The number of aromatic amines is 1. The van der Waals surface area contributed by atoms with Gasteiger partial charge < -0.3 is 24.3 Å². The zero-order valence-electron chi connectivity index (χ0n) is 18.5. The van der Waals surface area contributed by atoms with E-state index >= 15 is 0 Å². The van der Waals surface area contributed by atoms with Gasteiger partial charge in [-0.25, -0.2) is 14.6 Å². The Hall–Kier alpha value is -3.40. The number of nitrogens with one attached hydrogen (secondary N) is 1. The Morgan fingerprint density at radius 3 is 2.56 bits per heavy atom. The van der Waals surface area contributed by atoms with Gasteiger partial charge in [0.05, 0.1) is 32.4 Å². The summed E-state index contributed by atoms with van der Waals surface area (Å²) in [5, 5.41) is 9.92. The molecule has 2 atom stereocenters. The maximum Gasteiger partial charge on any atom is 0.411 e. The van der Waals surface area contributed by atoms with Gasteiger partial charge in [0.25, 0.3) is 5.56 Å². The average molecular weight is 445 g/mol. The number of hydrogen-bond donors (Lipinski definition) is 2. The molecule has 32 heavy (non-hydrogen) atoms. The molecule has 0 bridgehead atoms. The molecule has 1 saturated heterocycles. The highest BCUT2D eigenvalue weighted by Crippen LogP contribution is 2.33. The molecule has 10 heteroatoms. The fourth-order valence-corrected chi connectivity index (χ4v) is 3.37. The lowest BCUT2D eigenvalue weighted by molar-refractivity contribution is 0.0145. The first-order valence-corrected chi connectivity index (χ1v) is 10.2. The third-order valence-electron chi connectivity index (χ3n) is 4.83. The van der Waals surface area contributed by atoms with Crippen molar-refractivity contribution in [3.05, 3.63) is 57.8 Å². The number of likely N-dealkylation sites (tertiary alicyclic amines) is 1. The summed E-state index contributed by atoms with van der Waals surface area (Å²) >= 11 is 0. The summed E-state index contributed by atoms with van der Waals surface area (Å²) in [6, 6.07) is 8.85. The van der Waals surface area contributed by atoms with Crippen molar-refractivity contribution >= 4 is 12.1 Å². The number of rotatable bonds is 5. The van der Waals surface area contributed by atoms with Crippen LogP contribution in [0.4, 0.5) is 4.79 Å². The van der Waals surface area contributed by atoms with Crippen LogP contribution in [-0.2, 0) is 20.8 Å². The molecule has 10 nitrogen and oxygen atoms in total. The number of aromatic nitrogens is 2. The second kappa shape index (κ2) is 9.39. The largest absolute Gasteiger partial charge is 0.501 e. The molecule has 1 aromatic carbocycles. The van der Waals surface area contributed by atoms with Crippen LogP contribution in [0.2, 0.25) is 0 Å². The minimum absolute atomic E-state index is 0.0323. The Morgan fingerprint density at radius 2 is 1.94 bits per heavy atom. The van der Waals surface area contributed by atoms with Gasteiger partial charge in [-0.1, -0.05) is 30.3 Å². The number of carbonyl (C=O) groups excluding carboxylic acids is 2. The highest BCUT2D eigenvalue weighted by atomic mass is 16.6. The highest BCUT2D eigenvalue weighted by Gasteiger charge is 2.41. The number of nitrogens with zero attached hydrogens (tertiary/aromatic N) is 2. The van der Waals surface area contributed by atoms with Crippen molar-refractivity contribution < 1.29 is 28.9 Å². The lowest BCUT2D eigenvalue weighted by atomic mass is 10.1. The second-order valence-electron chi connectivity index (χ2n) is 8.44. The number of H-pyrrole nitrogens is 1. The van der Waals surface area contributed by atoms with Crippen molar-refractivity contribution in [2.45, 2.75) is 51.5 Å². The van der Waals surface area contributed by atoms with Crippen molar-refractivity contribution in [1.82, 2.24) is 14.9 Å². The smallest absolute Gasteiger partial charge is 0.411 e. The molecule has 0 saturated carbocycles. The maximum absolute atomic E-state index is 12.9. The van der Waals surface area contributed by atoms with E-state index in [4.69, 9.17) is 9.47 Å². The minimum atomic E-state index is -0.964. The zero-order chi connectivity index (χ0) is 23.5. The third kappa shape index (κ3) is 5.44. The molecule has 1 amide bonds. The van der Waals surface area contributed by atoms with Gasteiger partial charge >= 0.3 is 12.1 Å². The Kier molecular flexibility index (Phi) is 6.83.